The Morgan fingerprint density at radius 1 is 1.03 bits per heavy atom. The Morgan fingerprint density at radius 2 is 1.71 bits per heavy atom. The average molecular weight is 475 g/mol. The first-order valence-electron chi connectivity index (χ1n) is 10.9. The monoisotopic (exact) mass is 474 g/mol. The van der Waals surface area contributed by atoms with Crippen LogP contribution in [0.1, 0.15) is 12.0 Å². The highest BCUT2D eigenvalue weighted by molar-refractivity contribution is 7.92. The minimum absolute atomic E-state index is 0.180. The average Bonchev–Trinajstić information content (AvgIpc) is 2.82. The number of anilines is 2. The molecular formula is C26H26N4O3S. The van der Waals surface area contributed by atoms with E-state index < -0.39 is 10.0 Å². The van der Waals surface area contributed by atoms with E-state index >= 15 is 0 Å². The van der Waals surface area contributed by atoms with Gasteiger partial charge in [-0.2, -0.15) is 0 Å². The van der Waals surface area contributed by atoms with E-state index in [1.54, 1.807) is 42.5 Å². The first kappa shape index (κ1) is 23.3. The molecule has 0 unspecified atom stereocenters. The number of fused-ring (bicyclic) bond motifs is 2. The molecule has 0 aliphatic carbocycles. The van der Waals surface area contributed by atoms with E-state index in [4.69, 9.17) is 10.7 Å². The van der Waals surface area contributed by atoms with Crippen molar-refractivity contribution in [1.82, 2.24) is 10.3 Å². The molecule has 174 valence electrons. The lowest BCUT2D eigenvalue weighted by Gasteiger charge is -2.25. The summed E-state index contributed by atoms with van der Waals surface area (Å²) in [6.07, 6.45) is 1.61. The zero-order valence-electron chi connectivity index (χ0n) is 18.9. The summed E-state index contributed by atoms with van der Waals surface area (Å²) in [7, 11) is -3.84. The van der Waals surface area contributed by atoms with Crippen LogP contribution in [0.3, 0.4) is 0 Å². The molecule has 0 atom stereocenters. The van der Waals surface area contributed by atoms with E-state index in [0.717, 1.165) is 21.9 Å². The van der Waals surface area contributed by atoms with Gasteiger partial charge in [0.2, 0.25) is 5.91 Å². The molecule has 4 rings (SSSR count). The number of hydrogen-bond donors (Lipinski definition) is 2. The summed E-state index contributed by atoms with van der Waals surface area (Å²) in [5.41, 5.74) is 9.40. The van der Waals surface area contributed by atoms with Gasteiger partial charge < -0.3 is 11.1 Å². The number of nitrogens with zero attached hydrogens (tertiary/aromatic N) is 2. The smallest absolute Gasteiger partial charge is 0.264 e. The lowest BCUT2D eigenvalue weighted by Crippen LogP contribution is -2.34. The maximum atomic E-state index is 13.6. The van der Waals surface area contributed by atoms with Crippen LogP contribution >= 0.6 is 0 Å². The summed E-state index contributed by atoms with van der Waals surface area (Å²) in [5, 5.41) is 4.54. The van der Waals surface area contributed by atoms with Crippen LogP contribution in [0.2, 0.25) is 0 Å². The van der Waals surface area contributed by atoms with Crippen molar-refractivity contribution in [3.8, 4) is 0 Å². The molecule has 0 aliphatic heterocycles. The fourth-order valence-corrected chi connectivity index (χ4v) is 5.21. The molecule has 8 heteroatoms. The molecule has 34 heavy (non-hydrogen) atoms. The Hall–Kier alpha value is -3.91. The van der Waals surface area contributed by atoms with Crippen LogP contribution in [0.15, 0.2) is 84.3 Å². The highest BCUT2D eigenvalue weighted by Crippen LogP contribution is 2.29. The van der Waals surface area contributed by atoms with Gasteiger partial charge in [-0.1, -0.05) is 36.4 Å². The number of carbonyl (C=O) groups excluding carboxylic acids is 1. The fourth-order valence-electron chi connectivity index (χ4n) is 3.71. The molecular weight excluding hydrogens is 448 g/mol. The quantitative estimate of drug-likeness (QED) is 0.173. The Bertz CT molecular complexity index is 1480. The Morgan fingerprint density at radius 3 is 2.41 bits per heavy atom. The maximum Gasteiger partial charge on any atom is 0.264 e. The second-order valence-corrected chi connectivity index (χ2v) is 9.92. The van der Waals surface area contributed by atoms with Crippen LogP contribution in [0.5, 0.6) is 0 Å². The third kappa shape index (κ3) is 4.87. The Kier molecular flexibility index (Phi) is 6.51. The highest BCUT2D eigenvalue weighted by Gasteiger charge is 2.25. The van der Waals surface area contributed by atoms with Gasteiger partial charge in [-0.25, -0.2) is 13.4 Å². The molecule has 0 bridgehead atoms. The molecule has 0 saturated heterocycles. The number of nitrogen functional groups attached to an aromatic ring is 1. The van der Waals surface area contributed by atoms with Crippen molar-refractivity contribution in [3.05, 3.63) is 84.9 Å². The van der Waals surface area contributed by atoms with E-state index in [0.29, 0.717) is 29.9 Å². The number of pyridine rings is 1. The number of nitrogens with two attached hydrogens (primary N) is 1. The van der Waals surface area contributed by atoms with E-state index in [1.165, 1.54) is 10.4 Å². The molecule has 1 aromatic heterocycles. The van der Waals surface area contributed by atoms with Crippen LogP contribution in [-0.4, -0.2) is 32.4 Å². The molecule has 0 fully saturated rings. The predicted octanol–water partition coefficient (Wildman–Crippen LogP) is 4.17. The number of hydrogen-bond acceptors (Lipinski definition) is 5. The zero-order valence-corrected chi connectivity index (χ0v) is 19.7. The van der Waals surface area contributed by atoms with E-state index in [9.17, 15) is 13.2 Å². The minimum Gasteiger partial charge on any atom is -0.399 e. The van der Waals surface area contributed by atoms with E-state index in [1.807, 2.05) is 31.2 Å². The van der Waals surface area contributed by atoms with Gasteiger partial charge in [0.1, 0.15) is 0 Å². The van der Waals surface area contributed by atoms with Gasteiger partial charge in [-0.05, 0) is 61.9 Å². The molecule has 1 heterocycles. The van der Waals surface area contributed by atoms with Crippen molar-refractivity contribution < 1.29 is 13.2 Å². The number of sulfonamides is 1. The molecule has 7 nitrogen and oxygen atoms in total. The standard InChI is InChI=1S/C26H26N4O3S/c1-3-26(31)28-13-4-14-30(34(32,33)23-11-5-18(2)6-12-23)22-10-8-20-15-19-7-9-21(27)16-24(19)29-25(20)17-22/h3,5-12,15-17H,1,4,13-14,27H2,2H3,(H,28,31). The molecule has 0 spiro atoms. The van der Waals surface area contributed by atoms with Crippen LogP contribution in [0.25, 0.3) is 21.8 Å². The summed E-state index contributed by atoms with van der Waals surface area (Å²) >= 11 is 0. The first-order chi connectivity index (χ1) is 16.3. The van der Waals surface area contributed by atoms with Crippen molar-refractivity contribution in [1.29, 1.82) is 0 Å². The lowest BCUT2D eigenvalue weighted by molar-refractivity contribution is -0.116. The van der Waals surface area contributed by atoms with Gasteiger partial charge in [0.25, 0.3) is 10.0 Å². The van der Waals surface area contributed by atoms with Crippen molar-refractivity contribution in [3.63, 3.8) is 0 Å². The molecule has 0 radical (unpaired) electrons. The Labute approximate surface area is 199 Å². The molecule has 0 saturated carbocycles. The van der Waals surface area contributed by atoms with Gasteiger partial charge in [-0.15, -0.1) is 0 Å². The highest BCUT2D eigenvalue weighted by atomic mass is 32.2. The largest absolute Gasteiger partial charge is 0.399 e. The number of carbonyl (C=O) groups is 1. The van der Waals surface area contributed by atoms with Gasteiger partial charge in [0.05, 0.1) is 21.6 Å². The van der Waals surface area contributed by atoms with Crippen LogP contribution < -0.4 is 15.4 Å². The van der Waals surface area contributed by atoms with Gasteiger partial charge in [0, 0.05) is 29.5 Å². The number of rotatable bonds is 8. The second kappa shape index (κ2) is 9.52. The van der Waals surface area contributed by atoms with Crippen LogP contribution in [-0.2, 0) is 14.8 Å². The molecule has 3 aromatic carbocycles. The number of nitrogens with one attached hydrogen (secondary N) is 1. The number of aromatic nitrogens is 1. The molecule has 0 aliphatic rings. The summed E-state index contributed by atoms with van der Waals surface area (Å²) < 4.78 is 28.6. The third-order valence-corrected chi connectivity index (χ3v) is 7.38. The molecule has 3 N–H and O–H groups in total. The van der Waals surface area contributed by atoms with Crippen molar-refractivity contribution in [2.45, 2.75) is 18.2 Å². The van der Waals surface area contributed by atoms with Gasteiger partial charge in [0.15, 0.2) is 0 Å². The summed E-state index contributed by atoms with van der Waals surface area (Å²) in [4.78, 5) is 16.4. The van der Waals surface area contributed by atoms with Gasteiger partial charge >= 0.3 is 0 Å². The lowest BCUT2D eigenvalue weighted by atomic mass is 10.1. The predicted molar refractivity (Wildman–Crippen MR) is 137 cm³/mol. The molecule has 1 amide bonds. The van der Waals surface area contributed by atoms with E-state index in [2.05, 4.69) is 11.9 Å². The Balaban J connectivity index is 1.74. The second-order valence-electron chi connectivity index (χ2n) is 8.06. The van der Waals surface area contributed by atoms with Crippen molar-refractivity contribution in [2.75, 3.05) is 23.1 Å². The minimum atomic E-state index is -3.84. The normalized spacial score (nSPS) is 11.4. The zero-order chi connectivity index (χ0) is 24.3. The SMILES string of the molecule is C=CC(=O)NCCCN(c1ccc2cc3ccc(N)cc3nc2c1)S(=O)(=O)c1ccc(C)cc1. The topological polar surface area (TPSA) is 105 Å². The van der Waals surface area contributed by atoms with Gasteiger partial charge in [-0.3, -0.25) is 9.10 Å². The van der Waals surface area contributed by atoms with Crippen LogP contribution in [0.4, 0.5) is 11.4 Å². The van der Waals surface area contributed by atoms with E-state index in [-0.39, 0.29) is 17.3 Å². The fraction of sp³-hybridized carbons (Fsp3) is 0.154. The first-order valence-corrected chi connectivity index (χ1v) is 12.3. The number of amides is 1. The number of benzene rings is 3. The molecule has 4 aromatic rings. The third-order valence-electron chi connectivity index (χ3n) is 5.54. The summed E-state index contributed by atoms with van der Waals surface area (Å²) in [6.45, 7) is 5.84. The summed E-state index contributed by atoms with van der Waals surface area (Å²) in [5.74, 6) is -0.297. The van der Waals surface area contributed by atoms with Crippen LogP contribution in [0, 0.1) is 6.92 Å². The number of aryl methyl sites for hydroxylation is 1. The summed E-state index contributed by atoms with van der Waals surface area (Å²) in [6, 6.07) is 19.7. The van der Waals surface area contributed by atoms with Crippen molar-refractivity contribution in [2.24, 2.45) is 0 Å². The van der Waals surface area contributed by atoms with Crippen molar-refractivity contribution >= 4 is 49.1 Å². The maximum absolute atomic E-state index is 13.6.